The zero-order valence-electron chi connectivity index (χ0n) is 10.3. The summed E-state index contributed by atoms with van der Waals surface area (Å²) in [5.74, 6) is -1.63. The van der Waals surface area contributed by atoms with Crippen LogP contribution in [0.3, 0.4) is 0 Å². The van der Waals surface area contributed by atoms with Crippen LogP contribution < -0.4 is 10.5 Å². The van der Waals surface area contributed by atoms with E-state index in [1.54, 1.807) is 6.07 Å². The average molecular weight is 259 g/mol. The van der Waals surface area contributed by atoms with E-state index in [4.69, 9.17) is 10.5 Å². The molecular formula is C14H13NO4. The molecule has 1 unspecified atom stereocenters. The van der Waals surface area contributed by atoms with Gasteiger partial charge in [0.25, 0.3) is 5.91 Å². The standard InChI is InChI=1S/C14H13NO4/c1-8(13(15)16)19-12-7-10-5-3-2-4-9(10)6-11(12)14(17)18/h2-8H,1H3,(H2,15,16)(H,17,18). The van der Waals surface area contributed by atoms with E-state index < -0.39 is 18.0 Å². The predicted molar refractivity (Wildman–Crippen MR) is 70.2 cm³/mol. The first-order valence-electron chi connectivity index (χ1n) is 5.71. The molecule has 19 heavy (non-hydrogen) atoms. The first-order chi connectivity index (χ1) is 8.99. The molecule has 2 rings (SSSR count). The van der Waals surface area contributed by atoms with Crippen molar-refractivity contribution in [2.45, 2.75) is 13.0 Å². The average Bonchev–Trinajstić information content (AvgIpc) is 2.37. The van der Waals surface area contributed by atoms with E-state index in [0.717, 1.165) is 10.8 Å². The predicted octanol–water partition coefficient (Wildman–Crippen LogP) is 1.79. The number of carbonyl (C=O) groups is 2. The van der Waals surface area contributed by atoms with Gasteiger partial charge in [-0.1, -0.05) is 24.3 Å². The maximum atomic E-state index is 11.2. The highest BCUT2D eigenvalue weighted by atomic mass is 16.5. The Bertz CT molecular complexity index is 651. The molecule has 5 nitrogen and oxygen atoms in total. The summed E-state index contributed by atoms with van der Waals surface area (Å²) in [7, 11) is 0. The summed E-state index contributed by atoms with van der Waals surface area (Å²) >= 11 is 0. The number of carboxylic acid groups (broad SMARTS) is 1. The molecule has 0 aliphatic heterocycles. The van der Waals surface area contributed by atoms with Crippen molar-refractivity contribution in [2.24, 2.45) is 5.73 Å². The summed E-state index contributed by atoms with van der Waals surface area (Å²) < 4.78 is 5.32. The van der Waals surface area contributed by atoms with Gasteiger partial charge in [-0.2, -0.15) is 0 Å². The van der Waals surface area contributed by atoms with Gasteiger partial charge in [0.05, 0.1) is 0 Å². The fourth-order valence-electron chi connectivity index (χ4n) is 1.73. The van der Waals surface area contributed by atoms with Crippen molar-refractivity contribution >= 4 is 22.6 Å². The number of hydrogen-bond donors (Lipinski definition) is 2. The summed E-state index contributed by atoms with van der Waals surface area (Å²) in [6, 6.07) is 10.4. The van der Waals surface area contributed by atoms with Crippen LogP contribution >= 0.6 is 0 Å². The molecule has 1 atom stereocenters. The zero-order chi connectivity index (χ0) is 14.0. The van der Waals surface area contributed by atoms with Crippen LogP contribution in [0.4, 0.5) is 0 Å². The third kappa shape index (κ3) is 2.65. The molecule has 0 bridgehead atoms. The molecule has 0 spiro atoms. The minimum Gasteiger partial charge on any atom is -0.480 e. The Morgan fingerprint density at radius 2 is 1.79 bits per heavy atom. The van der Waals surface area contributed by atoms with Crippen LogP contribution in [-0.2, 0) is 4.79 Å². The van der Waals surface area contributed by atoms with E-state index in [-0.39, 0.29) is 11.3 Å². The van der Waals surface area contributed by atoms with Crippen LogP contribution in [-0.4, -0.2) is 23.1 Å². The van der Waals surface area contributed by atoms with E-state index in [1.165, 1.54) is 13.0 Å². The quantitative estimate of drug-likeness (QED) is 0.875. The Morgan fingerprint density at radius 3 is 2.32 bits per heavy atom. The number of ether oxygens (including phenoxy) is 1. The maximum absolute atomic E-state index is 11.2. The molecule has 0 aromatic heterocycles. The fraction of sp³-hybridized carbons (Fsp3) is 0.143. The fourth-order valence-corrected chi connectivity index (χ4v) is 1.73. The van der Waals surface area contributed by atoms with Crippen molar-refractivity contribution in [2.75, 3.05) is 0 Å². The number of aromatic carboxylic acids is 1. The normalized spacial score (nSPS) is 12.1. The summed E-state index contributed by atoms with van der Waals surface area (Å²) in [6.07, 6.45) is -0.890. The van der Waals surface area contributed by atoms with Crippen LogP contribution in [0, 0.1) is 0 Å². The number of fused-ring (bicyclic) bond motifs is 1. The number of primary amides is 1. The summed E-state index contributed by atoms with van der Waals surface area (Å²) in [4.78, 5) is 22.2. The third-order valence-electron chi connectivity index (χ3n) is 2.78. The second-order valence-corrected chi connectivity index (χ2v) is 4.16. The first kappa shape index (κ1) is 12.9. The van der Waals surface area contributed by atoms with Crippen molar-refractivity contribution in [3.63, 3.8) is 0 Å². The van der Waals surface area contributed by atoms with E-state index in [9.17, 15) is 14.7 Å². The Kier molecular flexibility index (Phi) is 3.37. The molecule has 2 aromatic carbocycles. The summed E-state index contributed by atoms with van der Waals surface area (Å²) in [6.45, 7) is 1.48. The molecule has 0 radical (unpaired) electrons. The Labute approximate surface area is 109 Å². The summed E-state index contributed by atoms with van der Waals surface area (Å²) in [5.41, 5.74) is 5.12. The van der Waals surface area contributed by atoms with Gasteiger partial charge >= 0.3 is 5.97 Å². The highest BCUT2D eigenvalue weighted by Crippen LogP contribution is 2.27. The van der Waals surface area contributed by atoms with E-state index in [1.807, 2.05) is 24.3 Å². The minimum atomic E-state index is -1.11. The minimum absolute atomic E-state index is 0.00630. The molecule has 98 valence electrons. The molecule has 0 saturated carbocycles. The number of carboxylic acids is 1. The largest absolute Gasteiger partial charge is 0.480 e. The lowest BCUT2D eigenvalue weighted by Gasteiger charge is -2.14. The number of nitrogens with two attached hydrogens (primary N) is 1. The van der Waals surface area contributed by atoms with Gasteiger partial charge in [0.1, 0.15) is 11.3 Å². The highest BCUT2D eigenvalue weighted by molar-refractivity contribution is 5.97. The smallest absolute Gasteiger partial charge is 0.339 e. The number of hydrogen-bond acceptors (Lipinski definition) is 3. The molecule has 5 heteroatoms. The number of carbonyl (C=O) groups excluding carboxylic acids is 1. The van der Waals surface area contributed by atoms with Gasteiger partial charge in [-0.15, -0.1) is 0 Å². The van der Waals surface area contributed by atoms with Crippen molar-refractivity contribution in [3.05, 3.63) is 42.0 Å². The van der Waals surface area contributed by atoms with Crippen LogP contribution in [0.5, 0.6) is 5.75 Å². The molecular weight excluding hydrogens is 246 g/mol. The van der Waals surface area contributed by atoms with Gasteiger partial charge in [0.15, 0.2) is 6.10 Å². The SMILES string of the molecule is CC(Oc1cc2ccccc2cc1C(=O)O)C(N)=O. The Morgan fingerprint density at radius 1 is 1.21 bits per heavy atom. The van der Waals surface area contributed by atoms with Gasteiger partial charge in [-0.05, 0) is 29.8 Å². The van der Waals surface area contributed by atoms with Crippen LogP contribution in [0.15, 0.2) is 36.4 Å². The van der Waals surface area contributed by atoms with Crippen molar-refractivity contribution in [3.8, 4) is 5.75 Å². The van der Waals surface area contributed by atoms with Crippen molar-refractivity contribution < 1.29 is 19.4 Å². The second-order valence-electron chi connectivity index (χ2n) is 4.16. The maximum Gasteiger partial charge on any atom is 0.339 e. The Balaban J connectivity index is 2.53. The molecule has 1 amide bonds. The van der Waals surface area contributed by atoms with Gasteiger partial charge in [0.2, 0.25) is 0 Å². The molecule has 0 fully saturated rings. The summed E-state index contributed by atoms with van der Waals surface area (Å²) in [5, 5.41) is 10.8. The second kappa shape index (κ2) is 4.97. The molecule has 0 aliphatic carbocycles. The molecule has 0 saturated heterocycles. The number of rotatable bonds is 4. The molecule has 0 aliphatic rings. The lowest BCUT2D eigenvalue weighted by Crippen LogP contribution is -2.31. The monoisotopic (exact) mass is 259 g/mol. The first-order valence-corrected chi connectivity index (χ1v) is 5.71. The number of benzene rings is 2. The lowest BCUT2D eigenvalue weighted by molar-refractivity contribution is -0.124. The van der Waals surface area contributed by atoms with Crippen LogP contribution in [0.25, 0.3) is 10.8 Å². The van der Waals surface area contributed by atoms with Gasteiger partial charge in [-0.3, -0.25) is 4.79 Å². The van der Waals surface area contributed by atoms with Crippen molar-refractivity contribution in [1.29, 1.82) is 0 Å². The third-order valence-corrected chi connectivity index (χ3v) is 2.78. The van der Waals surface area contributed by atoms with E-state index in [2.05, 4.69) is 0 Å². The lowest BCUT2D eigenvalue weighted by atomic mass is 10.1. The van der Waals surface area contributed by atoms with E-state index >= 15 is 0 Å². The topological polar surface area (TPSA) is 89.6 Å². The van der Waals surface area contributed by atoms with Crippen LogP contribution in [0.2, 0.25) is 0 Å². The highest BCUT2D eigenvalue weighted by Gasteiger charge is 2.17. The molecule has 0 heterocycles. The van der Waals surface area contributed by atoms with Gasteiger partial charge in [-0.25, -0.2) is 4.79 Å². The molecule has 3 N–H and O–H groups in total. The molecule has 2 aromatic rings. The Hall–Kier alpha value is -2.56. The van der Waals surface area contributed by atoms with E-state index in [0.29, 0.717) is 0 Å². The van der Waals surface area contributed by atoms with Crippen LogP contribution in [0.1, 0.15) is 17.3 Å². The number of amides is 1. The van der Waals surface area contributed by atoms with Crippen molar-refractivity contribution in [1.82, 2.24) is 0 Å². The zero-order valence-corrected chi connectivity index (χ0v) is 10.3. The van der Waals surface area contributed by atoms with Gasteiger partial charge in [0, 0.05) is 0 Å². The van der Waals surface area contributed by atoms with Gasteiger partial charge < -0.3 is 15.6 Å².